The van der Waals surface area contributed by atoms with Crippen LogP contribution in [0.15, 0.2) is 18.3 Å². The van der Waals surface area contributed by atoms with Gasteiger partial charge in [0, 0.05) is 31.9 Å². The molecule has 4 heteroatoms. The summed E-state index contributed by atoms with van der Waals surface area (Å²) >= 11 is 0. The van der Waals surface area contributed by atoms with Crippen molar-refractivity contribution in [1.82, 2.24) is 15.2 Å². The van der Waals surface area contributed by atoms with E-state index < -0.39 is 0 Å². The van der Waals surface area contributed by atoms with Gasteiger partial charge in [-0.3, -0.25) is 14.7 Å². The maximum absolute atomic E-state index is 12.0. The number of nitrogens with zero attached hydrogens (tertiary/aromatic N) is 2. The molecule has 2 fully saturated rings. The smallest absolute Gasteiger partial charge is 0.224 e. The summed E-state index contributed by atoms with van der Waals surface area (Å²) in [5.74, 6) is 0.418. The van der Waals surface area contributed by atoms with Crippen LogP contribution in [-0.4, -0.2) is 34.9 Å². The molecule has 2 aliphatic rings. The fourth-order valence-corrected chi connectivity index (χ4v) is 3.26. The van der Waals surface area contributed by atoms with Gasteiger partial charge in [0.25, 0.3) is 0 Å². The lowest BCUT2D eigenvalue weighted by atomic mass is 9.99. The number of pyridine rings is 1. The molecule has 0 aromatic carbocycles. The zero-order chi connectivity index (χ0) is 13.9. The minimum absolute atomic E-state index is 0.164. The largest absolute Gasteiger partial charge is 0.352 e. The van der Waals surface area contributed by atoms with E-state index in [9.17, 15) is 4.79 Å². The van der Waals surface area contributed by atoms with Crippen LogP contribution in [0.2, 0.25) is 0 Å². The molecule has 20 heavy (non-hydrogen) atoms. The summed E-state index contributed by atoms with van der Waals surface area (Å²) < 4.78 is 0. The second-order valence-corrected chi connectivity index (χ2v) is 6.04. The number of fused-ring (bicyclic) bond motifs is 3. The third kappa shape index (κ3) is 3.01. The Morgan fingerprint density at radius 2 is 2.25 bits per heavy atom. The lowest BCUT2D eigenvalue weighted by Crippen LogP contribution is -2.38. The molecule has 0 saturated carbocycles. The van der Waals surface area contributed by atoms with Crippen LogP contribution in [0.3, 0.4) is 0 Å². The Balaban J connectivity index is 1.69. The Morgan fingerprint density at radius 3 is 3.00 bits per heavy atom. The number of aryl methyl sites for hydroxylation is 1. The van der Waals surface area contributed by atoms with Gasteiger partial charge in [-0.05, 0) is 30.9 Å². The number of aromatic nitrogens is 1. The normalized spacial score (nSPS) is 26.9. The minimum Gasteiger partial charge on any atom is -0.352 e. The highest BCUT2D eigenvalue weighted by atomic mass is 16.2. The molecule has 4 nitrogen and oxygen atoms in total. The van der Waals surface area contributed by atoms with Crippen LogP contribution in [0, 0.1) is 5.92 Å². The molecule has 1 aromatic rings. The first-order valence-corrected chi connectivity index (χ1v) is 7.71. The van der Waals surface area contributed by atoms with Crippen LogP contribution in [-0.2, 0) is 17.8 Å². The first-order chi connectivity index (χ1) is 9.74. The van der Waals surface area contributed by atoms with Gasteiger partial charge in [-0.1, -0.05) is 19.4 Å². The SMILES string of the molecule is CCc1ccc(CN2C[C@H]3CCC[C@@H](C2)C(=O)N3)nc1. The van der Waals surface area contributed by atoms with Gasteiger partial charge in [0.1, 0.15) is 0 Å². The highest BCUT2D eigenvalue weighted by molar-refractivity contribution is 5.79. The number of likely N-dealkylation sites (tertiary alicyclic amines) is 1. The molecule has 108 valence electrons. The van der Waals surface area contributed by atoms with E-state index in [2.05, 4.69) is 34.3 Å². The lowest BCUT2D eigenvalue weighted by molar-refractivity contribution is -0.124. The van der Waals surface area contributed by atoms with Gasteiger partial charge in [-0.15, -0.1) is 0 Å². The zero-order valence-electron chi connectivity index (χ0n) is 12.1. The second-order valence-electron chi connectivity index (χ2n) is 6.04. The van der Waals surface area contributed by atoms with Crippen molar-refractivity contribution in [2.24, 2.45) is 5.92 Å². The van der Waals surface area contributed by atoms with Gasteiger partial charge in [-0.25, -0.2) is 0 Å². The van der Waals surface area contributed by atoms with Gasteiger partial charge in [0.2, 0.25) is 5.91 Å². The summed E-state index contributed by atoms with van der Waals surface area (Å²) in [5.41, 5.74) is 2.38. The van der Waals surface area contributed by atoms with Crippen LogP contribution in [0.1, 0.15) is 37.4 Å². The van der Waals surface area contributed by atoms with E-state index in [1.54, 1.807) is 0 Å². The van der Waals surface area contributed by atoms with Gasteiger partial charge in [0.05, 0.1) is 11.6 Å². The van der Waals surface area contributed by atoms with Crippen molar-refractivity contribution < 1.29 is 4.79 Å². The highest BCUT2D eigenvalue weighted by Crippen LogP contribution is 2.22. The van der Waals surface area contributed by atoms with Crippen LogP contribution in [0.5, 0.6) is 0 Å². The number of rotatable bonds is 3. The minimum atomic E-state index is 0.164. The van der Waals surface area contributed by atoms with Gasteiger partial charge in [0.15, 0.2) is 0 Å². The number of nitrogens with one attached hydrogen (secondary N) is 1. The molecular weight excluding hydrogens is 250 g/mol. The van der Waals surface area contributed by atoms with E-state index in [1.807, 2.05) is 6.20 Å². The summed E-state index contributed by atoms with van der Waals surface area (Å²) in [6.45, 7) is 4.83. The predicted molar refractivity (Wildman–Crippen MR) is 78.2 cm³/mol. The fraction of sp³-hybridized carbons (Fsp3) is 0.625. The molecule has 2 aliphatic heterocycles. The van der Waals surface area contributed by atoms with Crippen molar-refractivity contribution in [2.45, 2.75) is 45.2 Å². The Bertz CT molecular complexity index is 471. The molecule has 0 aliphatic carbocycles. The van der Waals surface area contributed by atoms with E-state index in [0.29, 0.717) is 6.04 Å². The number of hydrogen-bond acceptors (Lipinski definition) is 3. The second kappa shape index (κ2) is 5.92. The quantitative estimate of drug-likeness (QED) is 0.912. The van der Waals surface area contributed by atoms with Crippen molar-refractivity contribution in [3.05, 3.63) is 29.6 Å². The van der Waals surface area contributed by atoms with E-state index in [0.717, 1.165) is 44.6 Å². The van der Waals surface area contributed by atoms with Gasteiger partial charge in [-0.2, -0.15) is 0 Å². The van der Waals surface area contributed by atoms with E-state index in [-0.39, 0.29) is 11.8 Å². The van der Waals surface area contributed by atoms with Crippen LogP contribution < -0.4 is 5.32 Å². The van der Waals surface area contributed by atoms with Crippen molar-refractivity contribution in [1.29, 1.82) is 0 Å². The Hall–Kier alpha value is -1.42. The van der Waals surface area contributed by atoms with E-state index in [1.165, 1.54) is 12.0 Å². The summed E-state index contributed by atoms with van der Waals surface area (Å²) in [6.07, 6.45) is 6.31. The van der Waals surface area contributed by atoms with Gasteiger partial charge >= 0.3 is 0 Å². The van der Waals surface area contributed by atoms with E-state index in [4.69, 9.17) is 0 Å². The Morgan fingerprint density at radius 1 is 1.35 bits per heavy atom. The molecule has 2 bridgehead atoms. The highest BCUT2D eigenvalue weighted by Gasteiger charge is 2.32. The van der Waals surface area contributed by atoms with Crippen molar-refractivity contribution in [2.75, 3.05) is 13.1 Å². The van der Waals surface area contributed by atoms with Crippen LogP contribution in [0.25, 0.3) is 0 Å². The van der Waals surface area contributed by atoms with Gasteiger partial charge < -0.3 is 5.32 Å². The third-order valence-corrected chi connectivity index (χ3v) is 4.46. The lowest BCUT2D eigenvalue weighted by Gasteiger charge is -2.27. The summed E-state index contributed by atoms with van der Waals surface area (Å²) in [6, 6.07) is 4.60. The number of hydrogen-bond donors (Lipinski definition) is 1. The monoisotopic (exact) mass is 273 g/mol. The first kappa shape index (κ1) is 13.6. The molecule has 1 aromatic heterocycles. The maximum Gasteiger partial charge on any atom is 0.224 e. The van der Waals surface area contributed by atoms with Crippen LogP contribution in [0.4, 0.5) is 0 Å². The molecule has 2 atom stereocenters. The van der Waals surface area contributed by atoms with Crippen LogP contribution >= 0.6 is 0 Å². The standard InChI is InChI=1S/C16H23N3O/c1-2-12-6-7-14(17-8-12)10-19-9-13-4-3-5-15(11-19)18-16(13)20/h6-8,13,15H,2-5,9-11H2,1H3,(H,18,20)/t13-,15+/m0/s1. The molecular formula is C16H23N3O. The Labute approximate surface area is 120 Å². The molecule has 0 radical (unpaired) electrons. The zero-order valence-corrected chi connectivity index (χ0v) is 12.1. The third-order valence-electron chi connectivity index (χ3n) is 4.46. The number of amides is 1. The topological polar surface area (TPSA) is 45.2 Å². The molecule has 0 spiro atoms. The summed E-state index contributed by atoms with van der Waals surface area (Å²) in [5, 5.41) is 3.17. The Kier molecular flexibility index (Phi) is 4.01. The summed E-state index contributed by atoms with van der Waals surface area (Å²) in [4.78, 5) is 19.0. The number of carbonyl (C=O) groups excluding carboxylic acids is 1. The maximum atomic E-state index is 12.0. The number of carbonyl (C=O) groups is 1. The molecule has 1 amide bonds. The average molecular weight is 273 g/mol. The van der Waals surface area contributed by atoms with E-state index >= 15 is 0 Å². The van der Waals surface area contributed by atoms with Crippen molar-refractivity contribution in [3.8, 4) is 0 Å². The van der Waals surface area contributed by atoms with Crippen molar-refractivity contribution >= 4 is 5.91 Å². The fourth-order valence-electron chi connectivity index (χ4n) is 3.26. The molecule has 2 saturated heterocycles. The molecule has 1 N–H and O–H groups in total. The summed E-state index contributed by atoms with van der Waals surface area (Å²) in [7, 11) is 0. The average Bonchev–Trinajstić information content (AvgIpc) is 2.68. The predicted octanol–water partition coefficient (Wildman–Crippen LogP) is 1.74. The first-order valence-electron chi connectivity index (χ1n) is 7.71. The molecule has 3 heterocycles. The molecule has 3 rings (SSSR count). The molecule has 0 unspecified atom stereocenters. The van der Waals surface area contributed by atoms with Crippen molar-refractivity contribution in [3.63, 3.8) is 0 Å².